The molecular weight excluding hydrogens is 370 g/mol. The SMILES string of the molecule is CC(C)CN(Cc1ccc2c(c1)OCCO2)C(=O)CCc1ccc2c(c1)OCO2. The minimum atomic E-state index is 0.145. The Morgan fingerprint density at radius 2 is 1.52 bits per heavy atom. The van der Waals surface area contributed by atoms with Crippen LogP contribution in [-0.4, -0.2) is 37.4 Å². The molecule has 0 radical (unpaired) electrons. The van der Waals surface area contributed by atoms with E-state index in [2.05, 4.69) is 13.8 Å². The van der Waals surface area contributed by atoms with Gasteiger partial charge in [0.1, 0.15) is 13.2 Å². The summed E-state index contributed by atoms with van der Waals surface area (Å²) in [5.41, 5.74) is 2.12. The molecule has 154 valence electrons. The van der Waals surface area contributed by atoms with E-state index in [0.29, 0.717) is 45.1 Å². The molecule has 4 rings (SSSR count). The Balaban J connectivity index is 1.41. The molecule has 2 aromatic carbocycles. The van der Waals surface area contributed by atoms with Crippen molar-refractivity contribution >= 4 is 5.91 Å². The number of rotatable bonds is 7. The number of amides is 1. The molecule has 0 spiro atoms. The molecule has 29 heavy (non-hydrogen) atoms. The lowest BCUT2D eigenvalue weighted by molar-refractivity contribution is -0.132. The standard InChI is InChI=1S/C23H27NO5/c1-16(2)13-24(14-18-4-7-19-21(12-18)27-10-9-26-19)23(25)8-5-17-3-6-20-22(11-17)29-15-28-20/h3-4,6-7,11-12,16H,5,8-10,13-15H2,1-2H3. The minimum Gasteiger partial charge on any atom is -0.486 e. The van der Waals surface area contributed by atoms with Crippen molar-refractivity contribution < 1.29 is 23.7 Å². The molecule has 2 heterocycles. The van der Waals surface area contributed by atoms with E-state index in [-0.39, 0.29) is 12.7 Å². The van der Waals surface area contributed by atoms with E-state index < -0.39 is 0 Å². The van der Waals surface area contributed by atoms with Gasteiger partial charge in [0.2, 0.25) is 12.7 Å². The maximum atomic E-state index is 13.0. The van der Waals surface area contributed by atoms with Gasteiger partial charge >= 0.3 is 0 Å². The van der Waals surface area contributed by atoms with Crippen LogP contribution in [0.1, 0.15) is 31.4 Å². The van der Waals surface area contributed by atoms with Gasteiger partial charge in [0.25, 0.3) is 0 Å². The van der Waals surface area contributed by atoms with Crippen LogP contribution < -0.4 is 18.9 Å². The summed E-state index contributed by atoms with van der Waals surface area (Å²) < 4.78 is 22.0. The van der Waals surface area contributed by atoms with Crippen molar-refractivity contribution in [1.82, 2.24) is 4.90 Å². The van der Waals surface area contributed by atoms with Crippen LogP contribution in [0.15, 0.2) is 36.4 Å². The summed E-state index contributed by atoms with van der Waals surface area (Å²) in [6.07, 6.45) is 1.13. The fourth-order valence-electron chi connectivity index (χ4n) is 3.61. The maximum absolute atomic E-state index is 13.0. The van der Waals surface area contributed by atoms with Gasteiger partial charge in [-0.25, -0.2) is 0 Å². The first-order chi connectivity index (χ1) is 14.1. The summed E-state index contributed by atoms with van der Waals surface area (Å²) in [6.45, 7) is 6.92. The summed E-state index contributed by atoms with van der Waals surface area (Å²) in [4.78, 5) is 14.9. The molecule has 2 aromatic rings. The third-order valence-corrected chi connectivity index (χ3v) is 4.98. The molecule has 1 amide bonds. The van der Waals surface area contributed by atoms with E-state index in [1.807, 2.05) is 41.3 Å². The van der Waals surface area contributed by atoms with Crippen LogP contribution in [0.3, 0.4) is 0 Å². The first kappa shape index (κ1) is 19.4. The van der Waals surface area contributed by atoms with Crippen LogP contribution in [0.25, 0.3) is 0 Å². The van der Waals surface area contributed by atoms with E-state index in [0.717, 1.165) is 34.1 Å². The van der Waals surface area contributed by atoms with E-state index in [9.17, 15) is 4.79 Å². The molecular formula is C23H27NO5. The van der Waals surface area contributed by atoms with Crippen LogP contribution >= 0.6 is 0 Å². The number of carbonyl (C=O) groups excluding carboxylic acids is 1. The lowest BCUT2D eigenvalue weighted by Gasteiger charge is -2.26. The van der Waals surface area contributed by atoms with E-state index in [4.69, 9.17) is 18.9 Å². The van der Waals surface area contributed by atoms with Crippen molar-refractivity contribution in [3.8, 4) is 23.0 Å². The Labute approximate surface area is 171 Å². The topological polar surface area (TPSA) is 57.2 Å². The lowest BCUT2D eigenvalue weighted by Crippen LogP contribution is -2.34. The third kappa shape index (κ3) is 4.75. The van der Waals surface area contributed by atoms with Gasteiger partial charge in [0.05, 0.1) is 0 Å². The van der Waals surface area contributed by atoms with Gasteiger partial charge in [0, 0.05) is 19.5 Å². The second-order valence-electron chi connectivity index (χ2n) is 7.83. The highest BCUT2D eigenvalue weighted by Gasteiger charge is 2.19. The average molecular weight is 397 g/mol. The highest BCUT2D eigenvalue weighted by atomic mass is 16.7. The predicted molar refractivity (Wildman–Crippen MR) is 109 cm³/mol. The van der Waals surface area contributed by atoms with Gasteiger partial charge < -0.3 is 23.8 Å². The molecule has 0 unspecified atom stereocenters. The van der Waals surface area contributed by atoms with Crippen molar-refractivity contribution in [3.63, 3.8) is 0 Å². The Kier molecular flexibility index (Phi) is 5.79. The molecule has 0 aromatic heterocycles. The Hall–Kier alpha value is -2.89. The summed E-state index contributed by atoms with van der Waals surface area (Å²) in [7, 11) is 0. The molecule has 0 saturated heterocycles. The Morgan fingerprint density at radius 3 is 2.31 bits per heavy atom. The fraction of sp³-hybridized carbons (Fsp3) is 0.435. The van der Waals surface area contributed by atoms with Gasteiger partial charge in [-0.15, -0.1) is 0 Å². The predicted octanol–water partition coefficient (Wildman–Crippen LogP) is 3.80. The van der Waals surface area contributed by atoms with Crippen molar-refractivity contribution in [2.45, 2.75) is 33.2 Å². The molecule has 0 fully saturated rings. The zero-order valence-corrected chi connectivity index (χ0v) is 17.0. The van der Waals surface area contributed by atoms with E-state index >= 15 is 0 Å². The first-order valence-corrected chi connectivity index (χ1v) is 10.1. The van der Waals surface area contributed by atoms with Crippen molar-refractivity contribution in [2.24, 2.45) is 5.92 Å². The number of hydrogen-bond acceptors (Lipinski definition) is 5. The molecule has 0 aliphatic carbocycles. The lowest BCUT2D eigenvalue weighted by atomic mass is 10.1. The zero-order valence-electron chi connectivity index (χ0n) is 17.0. The molecule has 0 saturated carbocycles. The second kappa shape index (κ2) is 8.64. The van der Waals surface area contributed by atoms with Crippen LogP contribution in [0.5, 0.6) is 23.0 Å². The number of fused-ring (bicyclic) bond motifs is 2. The Morgan fingerprint density at radius 1 is 0.897 bits per heavy atom. The average Bonchev–Trinajstić information content (AvgIpc) is 3.19. The monoisotopic (exact) mass is 397 g/mol. The van der Waals surface area contributed by atoms with Crippen molar-refractivity contribution in [1.29, 1.82) is 0 Å². The fourth-order valence-corrected chi connectivity index (χ4v) is 3.61. The minimum absolute atomic E-state index is 0.145. The molecule has 0 bridgehead atoms. The molecule has 6 heteroatoms. The van der Waals surface area contributed by atoms with Crippen LogP contribution in [-0.2, 0) is 17.8 Å². The zero-order chi connectivity index (χ0) is 20.2. The summed E-state index contributed by atoms with van der Waals surface area (Å²) in [5.74, 6) is 3.58. The van der Waals surface area contributed by atoms with Crippen molar-refractivity contribution in [2.75, 3.05) is 26.6 Å². The van der Waals surface area contributed by atoms with Gasteiger partial charge in [-0.1, -0.05) is 26.0 Å². The second-order valence-corrected chi connectivity index (χ2v) is 7.83. The van der Waals surface area contributed by atoms with Crippen LogP contribution in [0, 0.1) is 5.92 Å². The number of carbonyl (C=O) groups is 1. The van der Waals surface area contributed by atoms with Gasteiger partial charge in [0.15, 0.2) is 23.0 Å². The number of ether oxygens (including phenoxy) is 4. The normalized spacial score (nSPS) is 14.2. The van der Waals surface area contributed by atoms with Crippen LogP contribution in [0.4, 0.5) is 0 Å². The Bertz CT molecular complexity index is 880. The quantitative estimate of drug-likeness (QED) is 0.711. The van der Waals surface area contributed by atoms with Gasteiger partial charge in [-0.2, -0.15) is 0 Å². The molecule has 2 aliphatic heterocycles. The maximum Gasteiger partial charge on any atom is 0.231 e. The van der Waals surface area contributed by atoms with E-state index in [1.54, 1.807) is 0 Å². The van der Waals surface area contributed by atoms with Crippen LogP contribution in [0.2, 0.25) is 0 Å². The van der Waals surface area contributed by atoms with Gasteiger partial charge in [-0.3, -0.25) is 4.79 Å². The highest BCUT2D eigenvalue weighted by Crippen LogP contribution is 2.33. The third-order valence-electron chi connectivity index (χ3n) is 4.98. The number of benzene rings is 2. The number of hydrogen-bond donors (Lipinski definition) is 0. The highest BCUT2D eigenvalue weighted by molar-refractivity contribution is 5.76. The summed E-state index contributed by atoms with van der Waals surface area (Å²) in [5, 5.41) is 0. The molecule has 0 atom stereocenters. The van der Waals surface area contributed by atoms with E-state index in [1.165, 1.54) is 0 Å². The first-order valence-electron chi connectivity index (χ1n) is 10.1. The summed E-state index contributed by atoms with van der Waals surface area (Å²) in [6, 6.07) is 11.8. The van der Waals surface area contributed by atoms with Crippen molar-refractivity contribution in [3.05, 3.63) is 47.5 Å². The molecule has 6 nitrogen and oxygen atoms in total. The number of aryl methyl sites for hydroxylation is 1. The van der Waals surface area contributed by atoms with Gasteiger partial charge in [-0.05, 0) is 47.7 Å². The molecule has 2 aliphatic rings. The number of nitrogens with zero attached hydrogens (tertiary/aromatic N) is 1. The smallest absolute Gasteiger partial charge is 0.231 e. The molecule has 0 N–H and O–H groups in total. The summed E-state index contributed by atoms with van der Waals surface area (Å²) >= 11 is 0. The largest absolute Gasteiger partial charge is 0.486 e.